The maximum absolute atomic E-state index is 5.89. The first-order valence-electron chi connectivity index (χ1n) is 7.51. The second kappa shape index (κ2) is 5.27. The van der Waals surface area contributed by atoms with Gasteiger partial charge in [0.05, 0.1) is 6.10 Å². The van der Waals surface area contributed by atoms with E-state index in [2.05, 4.69) is 33.0 Å². The van der Waals surface area contributed by atoms with Crippen LogP contribution in [0.5, 0.6) is 0 Å². The Morgan fingerprint density at radius 2 is 2.00 bits per heavy atom. The van der Waals surface area contributed by atoms with E-state index in [1.54, 1.807) is 0 Å². The molecule has 2 aliphatic carbocycles. The van der Waals surface area contributed by atoms with Crippen LogP contribution in [0, 0.1) is 11.3 Å². The minimum Gasteiger partial charge on any atom is -0.378 e. The number of hydrogen-bond acceptors (Lipinski definition) is 2. The molecule has 0 aromatic carbocycles. The molecular formula is C15H29NO. The second-order valence-corrected chi connectivity index (χ2v) is 6.16. The van der Waals surface area contributed by atoms with E-state index in [1.165, 1.54) is 32.1 Å². The van der Waals surface area contributed by atoms with Crippen molar-refractivity contribution in [2.75, 3.05) is 6.61 Å². The summed E-state index contributed by atoms with van der Waals surface area (Å²) in [5, 5.41) is 3.87. The third-order valence-electron chi connectivity index (χ3n) is 5.40. The molecule has 17 heavy (non-hydrogen) atoms. The molecule has 100 valence electrons. The van der Waals surface area contributed by atoms with Crippen molar-refractivity contribution in [1.82, 2.24) is 5.32 Å². The lowest BCUT2D eigenvalue weighted by atomic mass is 9.51. The van der Waals surface area contributed by atoms with Crippen LogP contribution in [0.15, 0.2) is 0 Å². The summed E-state index contributed by atoms with van der Waals surface area (Å²) < 4.78 is 5.89. The molecule has 0 aliphatic heterocycles. The fraction of sp³-hybridized carbons (Fsp3) is 1.00. The standard InChI is InChI=1S/C15H29NO/c1-5-11(3)12(4)16-13-10-14(17-6-2)15(13)8-7-9-15/h11-14,16H,5-10H2,1-4H3. The van der Waals surface area contributed by atoms with Gasteiger partial charge in [0.15, 0.2) is 0 Å². The molecule has 4 unspecified atom stereocenters. The molecule has 0 aromatic rings. The van der Waals surface area contributed by atoms with E-state index in [1.807, 2.05) is 0 Å². The van der Waals surface area contributed by atoms with Gasteiger partial charge in [0.2, 0.25) is 0 Å². The zero-order valence-electron chi connectivity index (χ0n) is 12.0. The van der Waals surface area contributed by atoms with Gasteiger partial charge in [-0.25, -0.2) is 0 Å². The van der Waals surface area contributed by atoms with Gasteiger partial charge in [0.1, 0.15) is 0 Å². The van der Waals surface area contributed by atoms with E-state index in [-0.39, 0.29) is 0 Å². The minimum absolute atomic E-state index is 0.512. The van der Waals surface area contributed by atoms with Crippen molar-refractivity contribution >= 4 is 0 Å². The predicted molar refractivity (Wildman–Crippen MR) is 72.2 cm³/mol. The highest BCUT2D eigenvalue weighted by Gasteiger charge is 2.58. The third-order valence-corrected chi connectivity index (χ3v) is 5.40. The maximum Gasteiger partial charge on any atom is 0.0661 e. The van der Waals surface area contributed by atoms with Gasteiger partial charge in [0, 0.05) is 24.1 Å². The van der Waals surface area contributed by atoms with Crippen molar-refractivity contribution in [1.29, 1.82) is 0 Å². The lowest BCUT2D eigenvalue weighted by Gasteiger charge is -2.62. The first-order chi connectivity index (χ1) is 8.14. The first kappa shape index (κ1) is 13.4. The van der Waals surface area contributed by atoms with Crippen LogP contribution in [-0.4, -0.2) is 24.8 Å². The van der Waals surface area contributed by atoms with Gasteiger partial charge in [0.25, 0.3) is 0 Å². The van der Waals surface area contributed by atoms with Crippen molar-refractivity contribution < 1.29 is 4.74 Å². The molecule has 0 radical (unpaired) electrons. The Kier molecular flexibility index (Phi) is 4.14. The molecule has 2 saturated carbocycles. The summed E-state index contributed by atoms with van der Waals surface area (Å²) in [5.74, 6) is 0.776. The Morgan fingerprint density at radius 3 is 2.47 bits per heavy atom. The zero-order chi connectivity index (χ0) is 12.5. The van der Waals surface area contributed by atoms with Crippen LogP contribution in [0.1, 0.15) is 59.8 Å². The lowest BCUT2D eigenvalue weighted by Crippen LogP contribution is -2.68. The number of nitrogens with one attached hydrogen (secondary N) is 1. The molecule has 0 amide bonds. The van der Waals surface area contributed by atoms with E-state index < -0.39 is 0 Å². The molecule has 2 heteroatoms. The second-order valence-electron chi connectivity index (χ2n) is 6.16. The highest BCUT2D eigenvalue weighted by molar-refractivity contribution is 5.12. The van der Waals surface area contributed by atoms with E-state index in [9.17, 15) is 0 Å². The number of ether oxygens (including phenoxy) is 1. The molecule has 0 heterocycles. The molecule has 1 spiro atoms. The van der Waals surface area contributed by atoms with Gasteiger partial charge < -0.3 is 10.1 Å². The summed E-state index contributed by atoms with van der Waals surface area (Å²) >= 11 is 0. The average molecular weight is 239 g/mol. The molecule has 2 aliphatic rings. The summed E-state index contributed by atoms with van der Waals surface area (Å²) in [6.07, 6.45) is 7.20. The van der Waals surface area contributed by atoms with Crippen molar-refractivity contribution in [3.8, 4) is 0 Å². The molecular weight excluding hydrogens is 210 g/mol. The van der Waals surface area contributed by atoms with Crippen LogP contribution in [0.25, 0.3) is 0 Å². The molecule has 0 saturated heterocycles. The Hall–Kier alpha value is -0.0800. The van der Waals surface area contributed by atoms with E-state index in [0.717, 1.165) is 18.6 Å². The Bertz CT molecular complexity index is 249. The van der Waals surface area contributed by atoms with Crippen molar-refractivity contribution in [3.63, 3.8) is 0 Å². The smallest absolute Gasteiger partial charge is 0.0661 e. The topological polar surface area (TPSA) is 21.3 Å². The highest BCUT2D eigenvalue weighted by Crippen LogP contribution is 2.57. The predicted octanol–water partition coefficient (Wildman–Crippen LogP) is 3.36. The molecule has 2 fully saturated rings. The van der Waals surface area contributed by atoms with Gasteiger partial charge >= 0.3 is 0 Å². The maximum atomic E-state index is 5.89. The normalized spacial score (nSPS) is 33.9. The van der Waals surface area contributed by atoms with Gasteiger partial charge in [-0.15, -0.1) is 0 Å². The van der Waals surface area contributed by atoms with Crippen LogP contribution < -0.4 is 5.32 Å². The summed E-state index contributed by atoms with van der Waals surface area (Å²) in [5.41, 5.74) is 0.512. The fourth-order valence-electron chi connectivity index (χ4n) is 3.51. The van der Waals surface area contributed by atoms with Gasteiger partial charge in [-0.3, -0.25) is 0 Å². The number of rotatable bonds is 6. The Balaban J connectivity index is 1.87. The molecule has 4 atom stereocenters. The summed E-state index contributed by atoms with van der Waals surface area (Å²) in [6.45, 7) is 9.97. The monoisotopic (exact) mass is 239 g/mol. The summed E-state index contributed by atoms with van der Waals surface area (Å²) in [6, 6.07) is 1.36. The average Bonchev–Trinajstić information content (AvgIpc) is 2.23. The van der Waals surface area contributed by atoms with Crippen LogP contribution in [-0.2, 0) is 4.74 Å². The van der Waals surface area contributed by atoms with Crippen molar-refractivity contribution in [3.05, 3.63) is 0 Å². The molecule has 1 N–H and O–H groups in total. The molecule has 2 nitrogen and oxygen atoms in total. The quantitative estimate of drug-likeness (QED) is 0.767. The Morgan fingerprint density at radius 1 is 1.29 bits per heavy atom. The third kappa shape index (κ3) is 2.26. The van der Waals surface area contributed by atoms with Crippen LogP contribution in [0.2, 0.25) is 0 Å². The fourth-order valence-corrected chi connectivity index (χ4v) is 3.51. The van der Waals surface area contributed by atoms with Crippen molar-refractivity contribution in [2.45, 2.75) is 78.0 Å². The van der Waals surface area contributed by atoms with Crippen LogP contribution in [0.4, 0.5) is 0 Å². The molecule has 0 bridgehead atoms. The minimum atomic E-state index is 0.512. The van der Waals surface area contributed by atoms with E-state index >= 15 is 0 Å². The SMILES string of the molecule is CCOC1CC(NC(C)C(C)CC)C12CCC2. The van der Waals surface area contributed by atoms with Crippen molar-refractivity contribution in [2.24, 2.45) is 11.3 Å². The van der Waals surface area contributed by atoms with Crippen LogP contribution >= 0.6 is 0 Å². The van der Waals surface area contributed by atoms with E-state index in [4.69, 9.17) is 4.74 Å². The molecule has 0 aromatic heterocycles. The van der Waals surface area contributed by atoms with E-state index in [0.29, 0.717) is 17.6 Å². The van der Waals surface area contributed by atoms with Gasteiger partial charge in [-0.05, 0) is 39.0 Å². The van der Waals surface area contributed by atoms with Crippen LogP contribution in [0.3, 0.4) is 0 Å². The number of hydrogen-bond donors (Lipinski definition) is 1. The van der Waals surface area contributed by atoms with Gasteiger partial charge in [-0.1, -0.05) is 26.7 Å². The first-order valence-corrected chi connectivity index (χ1v) is 7.51. The largest absolute Gasteiger partial charge is 0.378 e. The van der Waals surface area contributed by atoms with Gasteiger partial charge in [-0.2, -0.15) is 0 Å². The summed E-state index contributed by atoms with van der Waals surface area (Å²) in [4.78, 5) is 0. The zero-order valence-corrected chi connectivity index (χ0v) is 12.0. The highest BCUT2D eigenvalue weighted by atomic mass is 16.5. The Labute approximate surface area is 107 Å². The lowest BCUT2D eigenvalue weighted by molar-refractivity contribution is -0.175. The molecule has 2 rings (SSSR count). The summed E-state index contributed by atoms with van der Waals surface area (Å²) in [7, 11) is 0.